The molecule has 126 valence electrons. The van der Waals surface area contributed by atoms with Crippen LogP contribution in [0.25, 0.3) is 11.3 Å². The Morgan fingerprint density at radius 3 is 2.48 bits per heavy atom. The summed E-state index contributed by atoms with van der Waals surface area (Å²) in [6.07, 6.45) is 0. The summed E-state index contributed by atoms with van der Waals surface area (Å²) in [7, 11) is 0. The van der Waals surface area contributed by atoms with Gasteiger partial charge in [0.1, 0.15) is 22.9 Å². The number of carboxylic acids is 1. The molecule has 3 rings (SSSR count). The number of rotatable bonds is 4. The van der Waals surface area contributed by atoms with Crippen molar-refractivity contribution in [1.82, 2.24) is 0 Å². The molecule has 2 aromatic carbocycles. The van der Waals surface area contributed by atoms with E-state index in [9.17, 15) is 19.1 Å². The van der Waals surface area contributed by atoms with Crippen LogP contribution in [0, 0.1) is 5.82 Å². The van der Waals surface area contributed by atoms with Crippen LogP contribution in [0.4, 0.5) is 10.1 Å². The first-order chi connectivity index (χ1) is 12.0. The minimum Gasteiger partial charge on any atom is -0.507 e. The van der Waals surface area contributed by atoms with E-state index >= 15 is 0 Å². The summed E-state index contributed by atoms with van der Waals surface area (Å²) < 4.78 is 19.1. The van der Waals surface area contributed by atoms with E-state index in [4.69, 9.17) is 9.52 Å². The summed E-state index contributed by atoms with van der Waals surface area (Å²) in [5, 5.41) is 21.0. The van der Waals surface area contributed by atoms with E-state index in [0.29, 0.717) is 0 Å². The lowest BCUT2D eigenvalue weighted by molar-refractivity contribution is 0.0693. The highest BCUT2D eigenvalue weighted by Crippen LogP contribution is 2.26. The number of furan rings is 1. The van der Waals surface area contributed by atoms with E-state index in [1.165, 1.54) is 36.4 Å². The van der Waals surface area contributed by atoms with Gasteiger partial charge in [0.25, 0.3) is 5.91 Å². The zero-order valence-electron chi connectivity index (χ0n) is 12.7. The van der Waals surface area contributed by atoms with Gasteiger partial charge in [0, 0.05) is 11.8 Å². The third-order valence-corrected chi connectivity index (χ3v) is 3.46. The van der Waals surface area contributed by atoms with Gasteiger partial charge in [0.2, 0.25) is 0 Å². The van der Waals surface area contributed by atoms with Crippen molar-refractivity contribution >= 4 is 17.6 Å². The summed E-state index contributed by atoms with van der Waals surface area (Å²) in [5.74, 6) is -2.71. The Hall–Kier alpha value is -3.61. The smallest absolute Gasteiger partial charge is 0.339 e. The van der Waals surface area contributed by atoms with Crippen LogP contribution in [0.3, 0.4) is 0 Å². The molecule has 0 saturated heterocycles. The molecule has 0 aliphatic carbocycles. The fraction of sp³-hybridized carbons (Fsp3) is 0. The van der Waals surface area contributed by atoms with Crippen molar-refractivity contribution in [3.8, 4) is 17.1 Å². The second-order valence-corrected chi connectivity index (χ2v) is 5.13. The number of benzene rings is 2. The molecule has 0 aliphatic rings. The predicted molar refractivity (Wildman–Crippen MR) is 87.1 cm³/mol. The summed E-state index contributed by atoms with van der Waals surface area (Å²) in [6.45, 7) is 0. The highest BCUT2D eigenvalue weighted by atomic mass is 19.1. The Balaban J connectivity index is 1.80. The topological polar surface area (TPSA) is 99.8 Å². The maximum atomic E-state index is 13.7. The molecule has 0 unspecified atom stereocenters. The Kier molecular flexibility index (Phi) is 4.21. The number of carbonyl (C=O) groups is 2. The lowest BCUT2D eigenvalue weighted by atomic mass is 10.1. The standard InChI is InChI=1S/C18H12FNO5/c19-13-4-2-1-3-11(13)15-7-8-16(25-15)17(22)20-10-5-6-12(18(23)24)14(21)9-10/h1-9,21H,(H,20,22)(H,23,24). The number of carboxylic acid groups (broad SMARTS) is 1. The fourth-order valence-electron chi connectivity index (χ4n) is 2.25. The van der Waals surface area contributed by atoms with Gasteiger partial charge < -0.3 is 19.9 Å². The van der Waals surface area contributed by atoms with Crippen molar-refractivity contribution < 1.29 is 28.6 Å². The first kappa shape index (κ1) is 16.3. The Morgan fingerprint density at radius 1 is 1.04 bits per heavy atom. The average molecular weight is 341 g/mol. The molecule has 0 spiro atoms. The monoisotopic (exact) mass is 341 g/mol. The molecule has 0 saturated carbocycles. The number of nitrogens with one attached hydrogen (secondary N) is 1. The number of anilines is 1. The number of aromatic carboxylic acids is 1. The molecule has 0 fully saturated rings. The van der Waals surface area contributed by atoms with Gasteiger partial charge in [-0.2, -0.15) is 0 Å². The van der Waals surface area contributed by atoms with Gasteiger partial charge in [0.15, 0.2) is 5.76 Å². The lowest BCUT2D eigenvalue weighted by Crippen LogP contribution is -2.11. The predicted octanol–water partition coefficient (Wildman–Crippen LogP) is 3.74. The molecule has 1 amide bonds. The zero-order chi connectivity index (χ0) is 18.0. The summed E-state index contributed by atoms with van der Waals surface area (Å²) in [4.78, 5) is 23.0. The number of carbonyl (C=O) groups excluding carboxylic acids is 1. The van der Waals surface area contributed by atoms with Crippen LogP contribution in [0.1, 0.15) is 20.9 Å². The van der Waals surface area contributed by atoms with Gasteiger partial charge in [-0.1, -0.05) is 12.1 Å². The van der Waals surface area contributed by atoms with Crippen LogP contribution in [0.5, 0.6) is 5.75 Å². The van der Waals surface area contributed by atoms with Crippen LogP contribution in [-0.4, -0.2) is 22.1 Å². The Morgan fingerprint density at radius 2 is 1.80 bits per heavy atom. The number of aromatic hydroxyl groups is 1. The highest BCUT2D eigenvalue weighted by molar-refractivity contribution is 6.03. The van der Waals surface area contributed by atoms with Gasteiger partial charge in [-0.15, -0.1) is 0 Å². The largest absolute Gasteiger partial charge is 0.507 e. The van der Waals surface area contributed by atoms with Crippen LogP contribution in [0.2, 0.25) is 0 Å². The van der Waals surface area contributed by atoms with Crippen molar-refractivity contribution in [2.75, 3.05) is 5.32 Å². The number of hydrogen-bond acceptors (Lipinski definition) is 4. The summed E-state index contributed by atoms with van der Waals surface area (Å²) in [5.41, 5.74) is 0.138. The van der Waals surface area contributed by atoms with Gasteiger partial charge in [-0.3, -0.25) is 4.79 Å². The van der Waals surface area contributed by atoms with E-state index in [2.05, 4.69) is 5.32 Å². The quantitative estimate of drug-likeness (QED) is 0.671. The van der Waals surface area contributed by atoms with Crippen LogP contribution in [0.15, 0.2) is 59.0 Å². The molecular weight excluding hydrogens is 329 g/mol. The van der Waals surface area contributed by atoms with E-state index < -0.39 is 23.4 Å². The van der Waals surface area contributed by atoms with Gasteiger partial charge in [-0.25, -0.2) is 9.18 Å². The number of amides is 1. The third-order valence-electron chi connectivity index (χ3n) is 3.46. The zero-order valence-corrected chi connectivity index (χ0v) is 12.7. The normalized spacial score (nSPS) is 10.4. The Bertz CT molecular complexity index is 964. The maximum Gasteiger partial charge on any atom is 0.339 e. The molecule has 3 N–H and O–H groups in total. The van der Waals surface area contributed by atoms with Gasteiger partial charge in [0.05, 0.1) is 5.56 Å². The molecule has 0 bridgehead atoms. The van der Waals surface area contributed by atoms with E-state index in [1.807, 2.05) is 0 Å². The molecule has 25 heavy (non-hydrogen) atoms. The summed E-state index contributed by atoms with van der Waals surface area (Å²) >= 11 is 0. The van der Waals surface area contributed by atoms with Gasteiger partial charge >= 0.3 is 5.97 Å². The van der Waals surface area contributed by atoms with Crippen molar-refractivity contribution in [2.24, 2.45) is 0 Å². The molecule has 0 aliphatic heterocycles. The molecule has 1 aromatic heterocycles. The van der Waals surface area contributed by atoms with Crippen molar-refractivity contribution in [1.29, 1.82) is 0 Å². The van der Waals surface area contributed by atoms with Gasteiger partial charge in [-0.05, 0) is 36.4 Å². The Labute approximate surface area is 141 Å². The van der Waals surface area contributed by atoms with Crippen LogP contribution < -0.4 is 5.32 Å². The molecule has 6 nitrogen and oxygen atoms in total. The molecule has 1 heterocycles. The second-order valence-electron chi connectivity index (χ2n) is 5.13. The van der Waals surface area contributed by atoms with Crippen molar-refractivity contribution in [3.05, 3.63) is 71.7 Å². The van der Waals surface area contributed by atoms with Crippen LogP contribution >= 0.6 is 0 Å². The minimum atomic E-state index is -1.28. The average Bonchev–Trinajstić information content (AvgIpc) is 3.05. The number of hydrogen-bond donors (Lipinski definition) is 3. The van der Waals surface area contributed by atoms with Crippen LogP contribution in [-0.2, 0) is 0 Å². The maximum absolute atomic E-state index is 13.7. The minimum absolute atomic E-state index is 0.0555. The second kappa shape index (κ2) is 6.48. The first-order valence-corrected chi connectivity index (χ1v) is 7.18. The van der Waals surface area contributed by atoms with E-state index in [1.54, 1.807) is 12.1 Å². The third kappa shape index (κ3) is 3.35. The first-order valence-electron chi connectivity index (χ1n) is 7.18. The number of phenols is 1. The molecular formula is C18H12FNO5. The highest BCUT2D eigenvalue weighted by Gasteiger charge is 2.16. The van der Waals surface area contributed by atoms with Crippen molar-refractivity contribution in [3.63, 3.8) is 0 Å². The molecule has 3 aromatic rings. The van der Waals surface area contributed by atoms with E-state index in [-0.39, 0.29) is 28.3 Å². The summed E-state index contributed by atoms with van der Waals surface area (Å²) in [6, 6.07) is 12.5. The van der Waals surface area contributed by atoms with Crippen molar-refractivity contribution in [2.45, 2.75) is 0 Å². The van der Waals surface area contributed by atoms with E-state index in [0.717, 1.165) is 6.07 Å². The molecule has 7 heteroatoms. The number of halogens is 1. The SMILES string of the molecule is O=C(Nc1ccc(C(=O)O)c(O)c1)c1ccc(-c2ccccc2F)o1. The lowest BCUT2D eigenvalue weighted by Gasteiger charge is -2.05. The fourth-order valence-corrected chi connectivity index (χ4v) is 2.25. The molecule has 0 radical (unpaired) electrons. The molecule has 0 atom stereocenters.